The monoisotopic (exact) mass is 132 g/mol. The summed E-state index contributed by atoms with van der Waals surface area (Å²) in [4.78, 5) is 9.91. The van der Waals surface area contributed by atoms with Gasteiger partial charge in [0.1, 0.15) is 5.84 Å². The molecule has 0 saturated heterocycles. The molecule has 0 saturated carbocycles. The smallest absolute Gasteiger partial charge is 0.332 e. The van der Waals surface area contributed by atoms with E-state index < -0.39 is 6.03 Å². The van der Waals surface area contributed by atoms with Gasteiger partial charge in [0.15, 0.2) is 0 Å². The number of primary amides is 1. The maximum Gasteiger partial charge on any atom is 0.332 e. The number of carbonyl (C=O) groups is 1. The van der Waals surface area contributed by atoms with Gasteiger partial charge in [-0.2, -0.15) is 5.10 Å². The van der Waals surface area contributed by atoms with E-state index in [2.05, 4.69) is 10.8 Å². The molecule has 0 rings (SSSR count). The third kappa shape index (κ3) is 4.56. The number of nitrogens with one attached hydrogen (secondary N) is 2. The van der Waals surface area contributed by atoms with Crippen LogP contribution in [0.1, 0.15) is 6.92 Å². The summed E-state index contributed by atoms with van der Waals surface area (Å²) in [5.41, 5.74) is 8.23. The number of hydrazone groups is 1. The second-order valence-electron chi connectivity index (χ2n) is 1.29. The maximum atomic E-state index is 9.91. The van der Waals surface area contributed by atoms with Gasteiger partial charge in [-0.3, -0.25) is 10.7 Å². The topological polar surface area (TPSA) is 99.7 Å². The number of hydrogen-bond donors (Lipinski definition) is 4. The summed E-state index contributed by atoms with van der Waals surface area (Å²) in [5, 5.41) is 11.3. The fraction of sp³-hybridized carbons (Fsp3) is 0.333. The molecule has 0 aliphatic carbocycles. The lowest BCUT2D eigenvalue weighted by Gasteiger charge is -1.94. The Labute approximate surface area is 51.7 Å². The number of hydrogen-bond acceptors (Lipinski definition) is 3. The molecule has 0 aliphatic heterocycles. The van der Waals surface area contributed by atoms with Crippen molar-refractivity contribution in [3.8, 4) is 0 Å². The molecule has 0 aromatic heterocycles. The van der Waals surface area contributed by atoms with Gasteiger partial charge in [0, 0.05) is 0 Å². The van der Waals surface area contributed by atoms with Gasteiger partial charge in [-0.25, -0.2) is 10.2 Å². The van der Waals surface area contributed by atoms with Crippen LogP contribution in [-0.2, 0) is 0 Å². The van der Waals surface area contributed by atoms with E-state index in [0.717, 1.165) is 0 Å². The molecule has 0 atom stereocenters. The number of nitrogens with zero attached hydrogens (tertiary/aromatic N) is 1. The number of rotatable bonds is 1. The van der Waals surface area contributed by atoms with E-state index in [9.17, 15) is 4.79 Å². The summed E-state index contributed by atoms with van der Waals surface area (Å²) in [5.74, 6) is 0.161. The first-order valence-corrected chi connectivity index (χ1v) is 2.16. The van der Waals surface area contributed by atoms with Crippen LogP contribution in [0.4, 0.5) is 4.79 Å². The van der Waals surface area contributed by atoms with Crippen molar-refractivity contribution in [3.05, 3.63) is 0 Å². The zero-order valence-corrected chi connectivity index (χ0v) is 4.88. The zero-order chi connectivity index (χ0) is 7.28. The molecule has 5 N–H and O–H groups in total. The molecule has 0 radical (unpaired) electrons. The first-order valence-electron chi connectivity index (χ1n) is 2.16. The summed E-state index contributed by atoms with van der Waals surface area (Å²) in [6.45, 7) is 1.45. The summed E-state index contributed by atoms with van der Waals surface area (Å²) in [6, 6.07) is -0.774. The number of amides is 2. The third-order valence-corrected chi connectivity index (χ3v) is 0.496. The van der Waals surface area contributed by atoms with Gasteiger partial charge in [0.05, 0.1) is 0 Å². The molecule has 2 amide bonds. The van der Waals surface area contributed by atoms with Crippen molar-refractivity contribution < 1.29 is 10.0 Å². The molecule has 0 aromatic carbocycles. The first kappa shape index (κ1) is 7.70. The molecular formula is C3H8N4O2. The molecule has 0 aromatic rings. The molecule has 6 nitrogen and oxygen atoms in total. The highest BCUT2D eigenvalue weighted by molar-refractivity contribution is 5.80. The van der Waals surface area contributed by atoms with Crippen molar-refractivity contribution in [2.45, 2.75) is 6.92 Å². The van der Waals surface area contributed by atoms with Gasteiger partial charge in [-0.1, -0.05) is 0 Å². The normalized spacial score (nSPS) is 10.7. The molecule has 0 aliphatic rings. The highest BCUT2D eigenvalue weighted by Crippen LogP contribution is 1.63. The van der Waals surface area contributed by atoms with Crippen molar-refractivity contribution in [1.29, 1.82) is 0 Å². The molecule has 6 heteroatoms. The minimum Gasteiger partial charge on any atom is -0.350 e. The Hall–Kier alpha value is -1.30. The van der Waals surface area contributed by atoms with Crippen LogP contribution >= 0.6 is 0 Å². The van der Waals surface area contributed by atoms with Gasteiger partial charge in [-0.05, 0) is 6.92 Å². The Kier molecular flexibility index (Phi) is 3.14. The van der Waals surface area contributed by atoms with Crippen LogP contribution in [0.25, 0.3) is 0 Å². The van der Waals surface area contributed by atoms with E-state index >= 15 is 0 Å². The average Bonchev–Trinajstić information content (AvgIpc) is 1.83. The van der Waals surface area contributed by atoms with E-state index in [4.69, 9.17) is 5.21 Å². The molecule has 0 fully saturated rings. The van der Waals surface area contributed by atoms with Crippen LogP contribution in [0.2, 0.25) is 0 Å². The van der Waals surface area contributed by atoms with E-state index in [0.29, 0.717) is 0 Å². The van der Waals surface area contributed by atoms with Gasteiger partial charge in [-0.15, -0.1) is 0 Å². The SMILES string of the molecule is C/C(=N/NC(N)=O)NO. The van der Waals surface area contributed by atoms with E-state index in [-0.39, 0.29) is 5.84 Å². The lowest BCUT2D eigenvalue weighted by Crippen LogP contribution is -2.28. The molecule has 52 valence electrons. The van der Waals surface area contributed by atoms with Gasteiger partial charge in [0.2, 0.25) is 0 Å². The van der Waals surface area contributed by atoms with Crippen LogP contribution in [0, 0.1) is 0 Å². The van der Waals surface area contributed by atoms with Crippen molar-refractivity contribution in [1.82, 2.24) is 10.9 Å². The predicted octanol–water partition coefficient (Wildman–Crippen LogP) is -1.03. The maximum absolute atomic E-state index is 9.91. The molecule has 0 spiro atoms. The Bertz CT molecular complexity index is 132. The van der Waals surface area contributed by atoms with Crippen molar-refractivity contribution in [3.63, 3.8) is 0 Å². The van der Waals surface area contributed by atoms with Gasteiger partial charge >= 0.3 is 6.03 Å². The van der Waals surface area contributed by atoms with E-state index in [1.54, 1.807) is 5.48 Å². The summed E-state index contributed by atoms with van der Waals surface area (Å²) < 4.78 is 0. The first-order chi connectivity index (χ1) is 4.16. The number of carbonyl (C=O) groups excluding carboxylic acids is 1. The van der Waals surface area contributed by atoms with Crippen molar-refractivity contribution in [2.24, 2.45) is 10.8 Å². The Morgan fingerprint density at radius 2 is 2.33 bits per heavy atom. The largest absolute Gasteiger partial charge is 0.350 e. The van der Waals surface area contributed by atoms with Crippen molar-refractivity contribution in [2.75, 3.05) is 0 Å². The highest BCUT2D eigenvalue weighted by Gasteiger charge is 1.86. The number of urea groups is 1. The summed E-state index contributed by atoms with van der Waals surface area (Å²) in [6.07, 6.45) is 0. The van der Waals surface area contributed by atoms with E-state index in [1.165, 1.54) is 6.92 Å². The quantitative estimate of drug-likeness (QED) is 0.208. The average molecular weight is 132 g/mol. The molecule has 0 unspecified atom stereocenters. The van der Waals surface area contributed by atoms with Crippen LogP contribution in [0.5, 0.6) is 0 Å². The molecule has 9 heavy (non-hydrogen) atoms. The standard InChI is InChI=1S/C3H8N4O2/c1-2(7-9)5-6-3(4)8/h9H,1H3,(H,5,7)(H3,4,6,8). The molecular weight excluding hydrogens is 124 g/mol. The second-order valence-corrected chi connectivity index (χ2v) is 1.29. The lowest BCUT2D eigenvalue weighted by atomic mass is 10.7. The number of nitrogens with two attached hydrogens (primary N) is 1. The summed E-state index contributed by atoms with van der Waals surface area (Å²) >= 11 is 0. The molecule has 0 bridgehead atoms. The summed E-state index contributed by atoms with van der Waals surface area (Å²) in [7, 11) is 0. The van der Waals surface area contributed by atoms with Crippen LogP contribution < -0.4 is 16.6 Å². The fourth-order valence-corrected chi connectivity index (χ4v) is 0.164. The minimum atomic E-state index is -0.774. The van der Waals surface area contributed by atoms with Crippen molar-refractivity contribution >= 4 is 11.9 Å². The van der Waals surface area contributed by atoms with Gasteiger partial charge in [0.25, 0.3) is 0 Å². The zero-order valence-electron chi connectivity index (χ0n) is 4.88. The van der Waals surface area contributed by atoms with Crippen LogP contribution in [0.3, 0.4) is 0 Å². The minimum absolute atomic E-state index is 0.161. The molecule has 0 heterocycles. The number of amidine groups is 1. The van der Waals surface area contributed by atoms with E-state index in [1.807, 2.05) is 5.43 Å². The fourth-order valence-electron chi connectivity index (χ4n) is 0.164. The van der Waals surface area contributed by atoms with Crippen LogP contribution in [0.15, 0.2) is 5.10 Å². The Balaban J connectivity index is 3.56. The highest BCUT2D eigenvalue weighted by atomic mass is 16.5. The Morgan fingerprint density at radius 3 is 2.67 bits per heavy atom. The Morgan fingerprint density at radius 1 is 1.78 bits per heavy atom. The third-order valence-electron chi connectivity index (χ3n) is 0.496. The second kappa shape index (κ2) is 3.67. The predicted molar refractivity (Wildman–Crippen MR) is 30.8 cm³/mol. The number of hydroxylamine groups is 1. The van der Waals surface area contributed by atoms with Gasteiger partial charge < -0.3 is 5.73 Å². The van der Waals surface area contributed by atoms with Crippen LogP contribution in [-0.4, -0.2) is 17.1 Å². The lowest BCUT2D eigenvalue weighted by molar-refractivity contribution is 0.232.